The van der Waals surface area contributed by atoms with Crippen LogP contribution in [0.25, 0.3) is 0 Å². The Labute approximate surface area is 86.0 Å². The van der Waals surface area contributed by atoms with Crippen molar-refractivity contribution < 1.29 is 13.2 Å². The van der Waals surface area contributed by atoms with E-state index in [4.69, 9.17) is 15.4 Å². The minimum atomic E-state index is -3.66. The second-order valence-electron chi connectivity index (χ2n) is 3.11. The summed E-state index contributed by atoms with van der Waals surface area (Å²) in [5.41, 5.74) is 0. The lowest BCUT2D eigenvalue weighted by atomic mass is 10.3. The third-order valence-corrected chi connectivity index (χ3v) is 3.45. The molecule has 5 nitrogen and oxygen atoms in total. The van der Waals surface area contributed by atoms with Crippen molar-refractivity contribution in [1.29, 1.82) is 0 Å². The van der Waals surface area contributed by atoms with Gasteiger partial charge in [-0.3, -0.25) is 4.68 Å². The molecule has 2 rings (SSSR count). The molecule has 0 bridgehead atoms. The number of halogens is 1. The van der Waals surface area contributed by atoms with E-state index in [0.717, 1.165) is 6.42 Å². The summed E-state index contributed by atoms with van der Waals surface area (Å²) in [6.07, 6.45) is 3.53. The molecule has 0 N–H and O–H groups in total. The second kappa shape index (κ2) is 3.52. The topological polar surface area (TPSA) is 61.2 Å². The fourth-order valence-electron chi connectivity index (χ4n) is 1.38. The lowest BCUT2D eigenvalue weighted by Crippen LogP contribution is -2.08. The lowest BCUT2D eigenvalue weighted by molar-refractivity contribution is 0.184. The third kappa shape index (κ3) is 1.92. The fourth-order valence-corrected chi connectivity index (χ4v) is 2.02. The molecule has 1 aromatic heterocycles. The standard InChI is InChI=1S/C7H9ClN2O3S/c8-14(11,12)7-3-9-10(4-7)6-1-2-13-5-6/h3-4,6H,1-2,5H2. The molecule has 1 aromatic rings. The SMILES string of the molecule is O=S(=O)(Cl)c1cnn(C2CCOC2)c1. The summed E-state index contributed by atoms with van der Waals surface area (Å²) < 4.78 is 28.6. The minimum absolute atomic E-state index is 0.0334. The number of nitrogens with zero attached hydrogens (tertiary/aromatic N) is 2. The lowest BCUT2D eigenvalue weighted by Gasteiger charge is -2.06. The van der Waals surface area contributed by atoms with Gasteiger partial charge in [-0.15, -0.1) is 0 Å². The molecule has 1 aliphatic heterocycles. The van der Waals surface area contributed by atoms with Crippen molar-refractivity contribution in [3.05, 3.63) is 12.4 Å². The molecule has 0 radical (unpaired) electrons. The molecule has 1 atom stereocenters. The van der Waals surface area contributed by atoms with Gasteiger partial charge in [-0.25, -0.2) is 8.42 Å². The van der Waals surface area contributed by atoms with Gasteiger partial charge in [0.2, 0.25) is 0 Å². The molecule has 1 unspecified atom stereocenters. The average Bonchev–Trinajstić information content (AvgIpc) is 2.73. The maximum atomic E-state index is 10.9. The normalized spacial score (nSPS) is 22.8. The molecule has 0 spiro atoms. The van der Waals surface area contributed by atoms with Crippen molar-refractivity contribution in [2.24, 2.45) is 0 Å². The van der Waals surface area contributed by atoms with Crippen LogP contribution in [0.5, 0.6) is 0 Å². The summed E-state index contributed by atoms with van der Waals surface area (Å²) >= 11 is 0. The molecule has 2 heterocycles. The zero-order valence-electron chi connectivity index (χ0n) is 7.26. The van der Waals surface area contributed by atoms with Gasteiger partial charge in [0.1, 0.15) is 4.90 Å². The van der Waals surface area contributed by atoms with Crippen molar-refractivity contribution >= 4 is 19.7 Å². The van der Waals surface area contributed by atoms with Gasteiger partial charge < -0.3 is 4.74 Å². The monoisotopic (exact) mass is 236 g/mol. The molecule has 0 aromatic carbocycles. The molecule has 0 amide bonds. The summed E-state index contributed by atoms with van der Waals surface area (Å²) in [5.74, 6) is 0. The molecule has 1 fully saturated rings. The Hall–Kier alpha value is -0.590. The summed E-state index contributed by atoms with van der Waals surface area (Å²) in [6.45, 7) is 1.26. The second-order valence-corrected chi connectivity index (χ2v) is 5.68. The highest BCUT2D eigenvalue weighted by Crippen LogP contribution is 2.20. The van der Waals surface area contributed by atoms with Gasteiger partial charge in [0.25, 0.3) is 9.05 Å². The quantitative estimate of drug-likeness (QED) is 0.712. The fraction of sp³-hybridized carbons (Fsp3) is 0.571. The predicted octanol–water partition coefficient (Wildman–Crippen LogP) is 0.772. The van der Waals surface area contributed by atoms with Gasteiger partial charge in [0, 0.05) is 23.5 Å². The molecule has 1 saturated heterocycles. The molecular weight excluding hydrogens is 228 g/mol. The number of ether oxygens (including phenoxy) is 1. The Kier molecular flexibility index (Phi) is 2.50. The first-order valence-electron chi connectivity index (χ1n) is 4.14. The van der Waals surface area contributed by atoms with Crippen LogP contribution in [0, 0.1) is 0 Å². The molecule has 14 heavy (non-hydrogen) atoms. The minimum Gasteiger partial charge on any atom is -0.379 e. The number of hydrogen-bond acceptors (Lipinski definition) is 4. The van der Waals surface area contributed by atoms with Crippen molar-refractivity contribution in [2.75, 3.05) is 13.2 Å². The van der Waals surface area contributed by atoms with Crippen LogP contribution in [0.15, 0.2) is 17.3 Å². The third-order valence-electron chi connectivity index (χ3n) is 2.14. The Morgan fingerprint density at radius 1 is 1.64 bits per heavy atom. The molecule has 0 saturated carbocycles. The van der Waals surface area contributed by atoms with Crippen LogP contribution in [0.3, 0.4) is 0 Å². The van der Waals surface area contributed by atoms with Gasteiger partial charge in [-0.2, -0.15) is 5.10 Å². The highest BCUT2D eigenvalue weighted by Gasteiger charge is 2.20. The highest BCUT2D eigenvalue weighted by atomic mass is 35.7. The van der Waals surface area contributed by atoms with E-state index in [0.29, 0.717) is 13.2 Å². The highest BCUT2D eigenvalue weighted by molar-refractivity contribution is 8.13. The largest absolute Gasteiger partial charge is 0.379 e. The zero-order valence-corrected chi connectivity index (χ0v) is 8.83. The van der Waals surface area contributed by atoms with E-state index in [1.54, 1.807) is 4.68 Å². The number of rotatable bonds is 2. The maximum absolute atomic E-state index is 10.9. The van der Waals surface area contributed by atoms with Gasteiger partial charge in [0.05, 0.1) is 18.8 Å². The molecule has 0 aliphatic carbocycles. The van der Waals surface area contributed by atoms with Crippen molar-refractivity contribution in [3.8, 4) is 0 Å². The van der Waals surface area contributed by atoms with Crippen LogP contribution >= 0.6 is 10.7 Å². The van der Waals surface area contributed by atoms with E-state index in [-0.39, 0.29) is 10.9 Å². The van der Waals surface area contributed by atoms with Crippen LogP contribution in [0.1, 0.15) is 12.5 Å². The molecular formula is C7H9ClN2O3S. The van der Waals surface area contributed by atoms with Gasteiger partial charge >= 0.3 is 0 Å². The van der Waals surface area contributed by atoms with Gasteiger partial charge in [0.15, 0.2) is 0 Å². The molecule has 1 aliphatic rings. The van der Waals surface area contributed by atoms with Crippen LogP contribution in [-0.4, -0.2) is 31.4 Å². The summed E-state index contributed by atoms with van der Waals surface area (Å²) in [7, 11) is 1.50. The van der Waals surface area contributed by atoms with Crippen LogP contribution in [0.2, 0.25) is 0 Å². The van der Waals surface area contributed by atoms with Crippen molar-refractivity contribution in [2.45, 2.75) is 17.4 Å². The van der Waals surface area contributed by atoms with Crippen LogP contribution in [0.4, 0.5) is 0 Å². The first-order valence-corrected chi connectivity index (χ1v) is 6.45. The molecule has 7 heteroatoms. The summed E-state index contributed by atoms with van der Waals surface area (Å²) in [5, 5.41) is 3.94. The Morgan fingerprint density at radius 2 is 2.43 bits per heavy atom. The van der Waals surface area contributed by atoms with E-state index in [9.17, 15) is 8.42 Å². The van der Waals surface area contributed by atoms with E-state index < -0.39 is 9.05 Å². The Morgan fingerprint density at radius 3 is 2.93 bits per heavy atom. The molecule has 78 valence electrons. The van der Waals surface area contributed by atoms with Gasteiger partial charge in [-0.05, 0) is 6.42 Å². The number of hydrogen-bond donors (Lipinski definition) is 0. The number of aromatic nitrogens is 2. The van der Waals surface area contributed by atoms with E-state index >= 15 is 0 Å². The van der Waals surface area contributed by atoms with E-state index in [1.165, 1.54) is 12.4 Å². The first-order chi connectivity index (χ1) is 6.57. The Balaban J connectivity index is 2.25. The van der Waals surface area contributed by atoms with Crippen LogP contribution in [-0.2, 0) is 13.8 Å². The van der Waals surface area contributed by atoms with Crippen molar-refractivity contribution in [1.82, 2.24) is 9.78 Å². The van der Waals surface area contributed by atoms with E-state index in [1.807, 2.05) is 0 Å². The predicted molar refractivity (Wildman–Crippen MR) is 49.7 cm³/mol. The van der Waals surface area contributed by atoms with Crippen LogP contribution < -0.4 is 0 Å². The van der Waals surface area contributed by atoms with Crippen molar-refractivity contribution in [3.63, 3.8) is 0 Å². The summed E-state index contributed by atoms with van der Waals surface area (Å²) in [4.78, 5) is 0.0334. The van der Waals surface area contributed by atoms with Gasteiger partial charge in [-0.1, -0.05) is 0 Å². The first kappa shape index (κ1) is 9.95. The van der Waals surface area contributed by atoms with E-state index in [2.05, 4.69) is 5.10 Å². The Bertz CT molecular complexity index is 422. The summed E-state index contributed by atoms with van der Waals surface area (Å²) in [6, 6.07) is 0.127. The maximum Gasteiger partial charge on any atom is 0.264 e. The zero-order chi connectivity index (χ0) is 10.2. The average molecular weight is 237 g/mol. The smallest absolute Gasteiger partial charge is 0.264 e.